The normalized spacial score (nSPS) is 11.9. The van der Waals surface area contributed by atoms with Crippen molar-refractivity contribution >= 4 is 11.2 Å². The van der Waals surface area contributed by atoms with E-state index >= 15 is 0 Å². The standard InChI is InChI=1S/C15H13F3N4O/c1-3-11-12-13(21-14(20-11)15(16,17)18)22(8-19-12)9-4-6-10(23-2)7-5-9/h4-8H,3H2,1-2H3. The highest BCUT2D eigenvalue weighted by Gasteiger charge is 2.36. The first kappa shape index (κ1) is 15.3. The van der Waals surface area contributed by atoms with Crippen molar-refractivity contribution in [2.75, 3.05) is 7.11 Å². The van der Waals surface area contributed by atoms with Gasteiger partial charge < -0.3 is 4.74 Å². The Bertz CT molecular complexity index is 840. The third-order valence-electron chi connectivity index (χ3n) is 3.41. The van der Waals surface area contributed by atoms with Crippen LogP contribution in [-0.4, -0.2) is 26.6 Å². The topological polar surface area (TPSA) is 52.8 Å². The van der Waals surface area contributed by atoms with Crippen LogP contribution in [0.25, 0.3) is 16.9 Å². The summed E-state index contributed by atoms with van der Waals surface area (Å²) in [6, 6.07) is 6.88. The fourth-order valence-electron chi connectivity index (χ4n) is 2.26. The van der Waals surface area contributed by atoms with Crippen LogP contribution in [0.1, 0.15) is 18.4 Å². The summed E-state index contributed by atoms with van der Waals surface area (Å²) >= 11 is 0. The molecule has 3 aromatic rings. The van der Waals surface area contributed by atoms with Gasteiger partial charge in [0.15, 0.2) is 5.65 Å². The van der Waals surface area contributed by atoms with Gasteiger partial charge >= 0.3 is 6.18 Å². The van der Waals surface area contributed by atoms with E-state index in [0.29, 0.717) is 23.4 Å². The van der Waals surface area contributed by atoms with Crippen LogP contribution in [-0.2, 0) is 12.6 Å². The summed E-state index contributed by atoms with van der Waals surface area (Å²) in [4.78, 5) is 11.4. The van der Waals surface area contributed by atoms with Gasteiger partial charge in [-0.05, 0) is 30.7 Å². The Kier molecular flexibility index (Phi) is 3.67. The summed E-state index contributed by atoms with van der Waals surface area (Å²) in [5, 5.41) is 0. The lowest BCUT2D eigenvalue weighted by Crippen LogP contribution is -2.13. The number of ether oxygens (including phenoxy) is 1. The van der Waals surface area contributed by atoms with Crippen molar-refractivity contribution in [1.29, 1.82) is 0 Å². The van der Waals surface area contributed by atoms with Gasteiger partial charge in [-0.1, -0.05) is 6.92 Å². The van der Waals surface area contributed by atoms with E-state index in [-0.39, 0.29) is 11.3 Å². The summed E-state index contributed by atoms with van der Waals surface area (Å²) in [5.74, 6) is -0.505. The lowest BCUT2D eigenvalue weighted by molar-refractivity contribution is -0.144. The number of aryl methyl sites for hydroxylation is 1. The zero-order valence-electron chi connectivity index (χ0n) is 12.4. The molecule has 2 heterocycles. The van der Waals surface area contributed by atoms with Crippen molar-refractivity contribution in [3.05, 3.63) is 42.1 Å². The molecule has 5 nitrogen and oxygen atoms in total. The predicted octanol–water partition coefficient (Wildman–Crippen LogP) is 3.41. The van der Waals surface area contributed by atoms with E-state index in [1.54, 1.807) is 31.2 Å². The second kappa shape index (κ2) is 5.53. The van der Waals surface area contributed by atoms with E-state index in [4.69, 9.17) is 4.74 Å². The molecule has 0 unspecified atom stereocenters. The number of fused-ring (bicyclic) bond motifs is 1. The molecule has 0 radical (unpaired) electrons. The number of rotatable bonds is 3. The van der Waals surface area contributed by atoms with Crippen LogP contribution in [0.3, 0.4) is 0 Å². The highest BCUT2D eigenvalue weighted by Crippen LogP contribution is 2.29. The summed E-state index contributed by atoms with van der Waals surface area (Å²) in [7, 11) is 1.54. The Labute approximate surface area is 129 Å². The molecule has 0 aliphatic heterocycles. The third-order valence-corrected chi connectivity index (χ3v) is 3.41. The molecule has 23 heavy (non-hydrogen) atoms. The lowest BCUT2D eigenvalue weighted by Gasteiger charge is -2.09. The molecule has 3 rings (SSSR count). The van der Waals surface area contributed by atoms with Crippen molar-refractivity contribution < 1.29 is 17.9 Å². The van der Waals surface area contributed by atoms with Crippen LogP contribution in [0.2, 0.25) is 0 Å². The number of methoxy groups -OCH3 is 1. The lowest BCUT2D eigenvalue weighted by atomic mass is 10.2. The molecule has 0 atom stereocenters. The van der Waals surface area contributed by atoms with Gasteiger partial charge in [-0.25, -0.2) is 15.0 Å². The van der Waals surface area contributed by atoms with Crippen LogP contribution in [0.4, 0.5) is 13.2 Å². The molecule has 120 valence electrons. The second-order valence-electron chi connectivity index (χ2n) is 4.83. The average Bonchev–Trinajstić information content (AvgIpc) is 2.97. The molecule has 8 heteroatoms. The predicted molar refractivity (Wildman–Crippen MR) is 77.6 cm³/mol. The molecule has 0 amide bonds. The van der Waals surface area contributed by atoms with Crippen molar-refractivity contribution in [3.8, 4) is 11.4 Å². The summed E-state index contributed by atoms with van der Waals surface area (Å²) in [5.41, 5.74) is 1.42. The number of halogens is 3. The molecule has 0 bridgehead atoms. The molecule has 0 fully saturated rings. The van der Waals surface area contributed by atoms with E-state index in [0.717, 1.165) is 0 Å². The fraction of sp³-hybridized carbons (Fsp3) is 0.267. The molecule has 0 N–H and O–H groups in total. The van der Waals surface area contributed by atoms with E-state index in [9.17, 15) is 13.2 Å². The summed E-state index contributed by atoms with van der Waals surface area (Å²) in [6.45, 7) is 1.73. The number of nitrogens with zero attached hydrogens (tertiary/aromatic N) is 4. The van der Waals surface area contributed by atoms with Crippen molar-refractivity contribution in [2.45, 2.75) is 19.5 Å². The second-order valence-corrected chi connectivity index (χ2v) is 4.83. The number of aromatic nitrogens is 4. The van der Waals surface area contributed by atoms with Gasteiger partial charge in [0, 0.05) is 5.69 Å². The minimum absolute atomic E-state index is 0.134. The maximum absolute atomic E-state index is 13.0. The number of imidazole rings is 1. The van der Waals surface area contributed by atoms with Crippen LogP contribution in [0.15, 0.2) is 30.6 Å². The van der Waals surface area contributed by atoms with Crippen LogP contribution >= 0.6 is 0 Å². The van der Waals surface area contributed by atoms with Gasteiger partial charge in [0.2, 0.25) is 5.82 Å². The molecule has 2 aromatic heterocycles. The maximum atomic E-state index is 13.0. The van der Waals surface area contributed by atoms with Gasteiger partial charge in [-0.15, -0.1) is 0 Å². The molecule has 0 saturated carbocycles. The highest BCUT2D eigenvalue weighted by molar-refractivity contribution is 5.75. The molecule has 1 aromatic carbocycles. The van der Waals surface area contributed by atoms with Gasteiger partial charge in [-0.3, -0.25) is 4.57 Å². The van der Waals surface area contributed by atoms with Crippen molar-refractivity contribution in [2.24, 2.45) is 0 Å². The van der Waals surface area contributed by atoms with E-state index in [2.05, 4.69) is 15.0 Å². The van der Waals surface area contributed by atoms with Gasteiger partial charge in [0.25, 0.3) is 0 Å². The Hall–Kier alpha value is -2.64. The van der Waals surface area contributed by atoms with E-state index < -0.39 is 12.0 Å². The summed E-state index contributed by atoms with van der Waals surface area (Å²) in [6.07, 6.45) is -2.82. The largest absolute Gasteiger partial charge is 0.497 e. The first-order valence-electron chi connectivity index (χ1n) is 6.89. The number of benzene rings is 1. The zero-order chi connectivity index (χ0) is 16.6. The third kappa shape index (κ3) is 2.71. The minimum Gasteiger partial charge on any atom is -0.497 e. The maximum Gasteiger partial charge on any atom is 0.451 e. The monoisotopic (exact) mass is 322 g/mol. The van der Waals surface area contributed by atoms with Crippen molar-refractivity contribution in [3.63, 3.8) is 0 Å². The average molecular weight is 322 g/mol. The number of hydrogen-bond donors (Lipinski definition) is 0. The van der Waals surface area contributed by atoms with E-state index in [1.165, 1.54) is 18.0 Å². The highest BCUT2D eigenvalue weighted by atomic mass is 19.4. The Morgan fingerprint density at radius 2 is 1.83 bits per heavy atom. The molecule has 0 aliphatic rings. The SMILES string of the molecule is CCc1nc(C(F)(F)F)nc2c1ncn2-c1ccc(OC)cc1. The van der Waals surface area contributed by atoms with Gasteiger partial charge in [0.05, 0.1) is 12.8 Å². The molecular weight excluding hydrogens is 309 g/mol. The first-order chi connectivity index (χ1) is 10.9. The van der Waals surface area contributed by atoms with Gasteiger partial charge in [0.1, 0.15) is 17.6 Å². The van der Waals surface area contributed by atoms with Gasteiger partial charge in [-0.2, -0.15) is 13.2 Å². The smallest absolute Gasteiger partial charge is 0.451 e. The van der Waals surface area contributed by atoms with E-state index in [1.807, 2.05) is 0 Å². The van der Waals surface area contributed by atoms with Crippen LogP contribution < -0.4 is 4.74 Å². The molecule has 0 aliphatic carbocycles. The Morgan fingerprint density at radius 1 is 1.13 bits per heavy atom. The van der Waals surface area contributed by atoms with Crippen LogP contribution in [0.5, 0.6) is 5.75 Å². The first-order valence-corrected chi connectivity index (χ1v) is 6.89. The number of hydrogen-bond acceptors (Lipinski definition) is 4. The quantitative estimate of drug-likeness (QED) is 0.741. The Balaban J connectivity index is 2.21. The molecular formula is C15H13F3N4O. The molecule has 0 spiro atoms. The summed E-state index contributed by atoms with van der Waals surface area (Å²) < 4.78 is 45.6. The molecule has 0 saturated heterocycles. The number of alkyl halides is 3. The minimum atomic E-state index is -4.60. The Morgan fingerprint density at radius 3 is 2.39 bits per heavy atom. The zero-order valence-corrected chi connectivity index (χ0v) is 12.4. The van der Waals surface area contributed by atoms with Crippen LogP contribution in [0, 0.1) is 0 Å². The van der Waals surface area contributed by atoms with Crippen molar-refractivity contribution in [1.82, 2.24) is 19.5 Å². The fourth-order valence-corrected chi connectivity index (χ4v) is 2.26.